The molecule has 94 valence electrons. The van der Waals surface area contributed by atoms with E-state index < -0.39 is 11.6 Å². The van der Waals surface area contributed by atoms with Gasteiger partial charge in [-0.15, -0.1) is 0 Å². The predicted molar refractivity (Wildman–Crippen MR) is 58.7 cm³/mol. The summed E-state index contributed by atoms with van der Waals surface area (Å²) in [7, 11) is 0. The highest BCUT2D eigenvalue weighted by molar-refractivity contribution is 5.31. The molecule has 2 rings (SSSR count). The van der Waals surface area contributed by atoms with Crippen molar-refractivity contribution < 1.29 is 18.3 Å². The Morgan fingerprint density at radius 3 is 2.35 bits per heavy atom. The smallest absolute Gasteiger partial charge is 0.191 e. The molecule has 0 aromatic heterocycles. The van der Waals surface area contributed by atoms with Crippen molar-refractivity contribution in [3.63, 3.8) is 0 Å². The molecule has 1 aromatic carbocycles. The lowest BCUT2D eigenvalue weighted by molar-refractivity contribution is 0.0223. The van der Waals surface area contributed by atoms with Gasteiger partial charge in [0.05, 0.1) is 13.2 Å². The van der Waals surface area contributed by atoms with Gasteiger partial charge in [-0.2, -0.15) is 0 Å². The molecule has 1 aliphatic rings. The first-order valence-corrected chi connectivity index (χ1v) is 5.63. The molecule has 1 fully saturated rings. The Bertz CT molecular complexity index is 369. The minimum absolute atomic E-state index is 0.103. The Hall–Kier alpha value is -1.20. The van der Waals surface area contributed by atoms with E-state index in [1.165, 1.54) is 12.1 Å². The lowest BCUT2D eigenvalue weighted by atomic mass is 10.1. The molecule has 0 radical (unpaired) electrons. The van der Waals surface area contributed by atoms with Crippen LogP contribution in [0.4, 0.5) is 8.78 Å². The molecular weight excluding hydrogens is 228 g/mol. The Kier molecular flexibility index (Phi) is 3.91. The van der Waals surface area contributed by atoms with Crippen molar-refractivity contribution in [1.82, 2.24) is 0 Å². The molecule has 2 N–H and O–H groups in total. The maximum absolute atomic E-state index is 13.6. The number of benzene rings is 1. The Balaban J connectivity index is 2.14. The van der Waals surface area contributed by atoms with Gasteiger partial charge in [-0.1, -0.05) is 0 Å². The molecule has 0 spiro atoms. The van der Waals surface area contributed by atoms with Crippen LogP contribution < -0.4 is 10.5 Å². The van der Waals surface area contributed by atoms with E-state index in [1.54, 1.807) is 0 Å². The van der Waals surface area contributed by atoms with Crippen molar-refractivity contribution in [3.8, 4) is 5.75 Å². The second-order valence-corrected chi connectivity index (χ2v) is 4.02. The van der Waals surface area contributed by atoms with Crippen LogP contribution in [0.15, 0.2) is 12.1 Å². The second-order valence-electron chi connectivity index (χ2n) is 4.02. The van der Waals surface area contributed by atoms with Gasteiger partial charge in [0.1, 0.15) is 6.10 Å². The van der Waals surface area contributed by atoms with Crippen LogP contribution in [0.3, 0.4) is 0 Å². The van der Waals surface area contributed by atoms with E-state index in [-0.39, 0.29) is 18.4 Å². The molecule has 1 aliphatic heterocycles. The third-order valence-electron chi connectivity index (χ3n) is 2.75. The quantitative estimate of drug-likeness (QED) is 0.882. The highest BCUT2D eigenvalue weighted by atomic mass is 19.1. The van der Waals surface area contributed by atoms with Crippen LogP contribution in [0.1, 0.15) is 18.4 Å². The fraction of sp³-hybridized carbons (Fsp3) is 0.500. The maximum Gasteiger partial charge on any atom is 0.191 e. The second kappa shape index (κ2) is 5.42. The largest absolute Gasteiger partial charge is 0.484 e. The van der Waals surface area contributed by atoms with Gasteiger partial charge in [-0.3, -0.25) is 0 Å². The third kappa shape index (κ3) is 2.92. The van der Waals surface area contributed by atoms with Gasteiger partial charge in [0.15, 0.2) is 17.4 Å². The minimum atomic E-state index is -0.697. The van der Waals surface area contributed by atoms with Crippen molar-refractivity contribution in [1.29, 1.82) is 0 Å². The Morgan fingerprint density at radius 2 is 1.82 bits per heavy atom. The van der Waals surface area contributed by atoms with Gasteiger partial charge in [-0.25, -0.2) is 8.78 Å². The first-order chi connectivity index (χ1) is 8.20. The third-order valence-corrected chi connectivity index (χ3v) is 2.75. The van der Waals surface area contributed by atoms with Crippen LogP contribution in [-0.2, 0) is 11.3 Å². The lowest BCUT2D eigenvalue weighted by Gasteiger charge is -2.23. The standard InChI is InChI=1S/C12H15F2NO2/c13-10-5-8(7-15)6-11(14)12(10)17-9-1-3-16-4-2-9/h5-6,9H,1-4,7,15H2. The summed E-state index contributed by atoms with van der Waals surface area (Å²) in [5.41, 5.74) is 5.75. The van der Waals surface area contributed by atoms with E-state index in [2.05, 4.69) is 0 Å². The molecule has 0 saturated carbocycles. The van der Waals surface area contributed by atoms with Crippen LogP contribution in [0.25, 0.3) is 0 Å². The van der Waals surface area contributed by atoms with E-state index in [0.717, 1.165) is 0 Å². The van der Waals surface area contributed by atoms with Crippen molar-refractivity contribution in [3.05, 3.63) is 29.3 Å². The first-order valence-electron chi connectivity index (χ1n) is 5.63. The zero-order valence-electron chi connectivity index (χ0n) is 9.42. The number of halogens is 2. The number of hydrogen-bond acceptors (Lipinski definition) is 3. The van der Waals surface area contributed by atoms with Crippen molar-refractivity contribution in [2.24, 2.45) is 5.73 Å². The molecule has 0 amide bonds. The van der Waals surface area contributed by atoms with Gasteiger partial charge in [0.2, 0.25) is 0 Å². The lowest BCUT2D eigenvalue weighted by Crippen LogP contribution is -2.26. The van der Waals surface area contributed by atoms with E-state index in [9.17, 15) is 8.78 Å². The minimum Gasteiger partial charge on any atom is -0.484 e. The average Bonchev–Trinajstić information content (AvgIpc) is 2.35. The molecule has 0 atom stereocenters. The van der Waals surface area contributed by atoms with Gasteiger partial charge < -0.3 is 15.2 Å². The van der Waals surface area contributed by atoms with Crippen LogP contribution in [0, 0.1) is 11.6 Å². The molecule has 3 nitrogen and oxygen atoms in total. The molecule has 1 heterocycles. The summed E-state index contributed by atoms with van der Waals surface area (Å²) in [5.74, 6) is -1.71. The van der Waals surface area contributed by atoms with Crippen LogP contribution in [0.5, 0.6) is 5.75 Å². The monoisotopic (exact) mass is 243 g/mol. The number of hydrogen-bond donors (Lipinski definition) is 1. The van der Waals surface area contributed by atoms with E-state index >= 15 is 0 Å². The summed E-state index contributed by atoms with van der Waals surface area (Å²) in [5, 5.41) is 0. The highest BCUT2D eigenvalue weighted by Crippen LogP contribution is 2.26. The average molecular weight is 243 g/mol. The van der Waals surface area contributed by atoms with Crippen LogP contribution in [0.2, 0.25) is 0 Å². The van der Waals surface area contributed by atoms with Gasteiger partial charge in [0, 0.05) is 19.4 Å². The van der Waals surface area contributed by atoms with E-state index in [1.807, 2.05) is 0 Å². The maximum atomic E-state index is 13.6. The van der Waals surface area contributed by atoms with E-state index in [4.69, 9.17) is 15.2 Å². The summed E-state index contributed by atoms with van der Waals surface area (Å²) in [6.07, 6.45) is 1.12. The SMILES string of the molecule is NCc1cc(F)c(OC2CCOCC2)c(F)c1. The zero-order chi connectivity index (χ0) is 12.3. The molecule has 1 aromatic rings. The zero-order valence-corrected chi connectivity index (χ0v) is 9.42. The number of ether oxygens (including phenoxy) is 2. The van der Waals surface area contributed by atoms with Crippen LogP contribution in [-0.4, -0.2) is 19.3 Å². The first kappa shape index (κ1) is 12.3. The van der Waals surface area contributed by atoms with E-state index in [0.29, 0.717) is 31.6 Å². The molecule has 17 heavy (non-hydrogen) atoms. The Labute approximate surface area is 98.5 Å². The number of nitrogens with two attached hydrogens (primary N) is 1. The summed E-state index contributed by atoms with van der Waals surface area (Å²) in [6.45, 7) is 1.23. The van der Waals surface area contributed by atoms with Gasteiger partial charge in [-0.05, 0) is 17.7 Å². The van der Waals surface area contributed by atoms with Crippen LogP contribution >= 0.6 is 0 Å². The summed E-state index contributed by atoms with van der Waals surface area (Å²) < 4.78 is 37.7. The molecule has 0 bridgehead atoms. The summed E-state index contributed by atoms with van der Waals surface area (Å²) in [6, 6.07) is 2.41. The Morgan fingerprint density at radius 1 is 1.24 bits per heavy atom. The summed E-state index contributed by atoms with van der Waals surface area (Å²) >= 11 is 0. The fourth-order valence-corrected chi connectivity index (χ4v) is 1.80. The highest BCUT2D eigenvalue weighted by Gasteiger charge is 2.20. The molecule has 0 unspecified atom stereocenters. The molecular formula is C12H15F2NO2. The predicted octanol–water partition coefficient (Wildman–Crippen LogP) is 1.98. The number of rotatable bonds is 3. The topological polar surface area (TPSA) is 44.5 Å². The normalized spacial score (nSPS) is 17.1. The van der Waals surface area contributed by atoms with Gasteiger partial charge in [0.25, 0.3) is 0 Å². The van der Waals surface area contributed by atoms with Crippen molar-refractivity contribution >= 4 is 0 Å². The summed E-state index contributed by atoms with van der Waals surface area (Å²) in [4.78, 5) is 0. The van der Waals surface area contributed by atoms with Gasteiger partial charge >= 0.3 is 0 Å². The molecule has 1 saturated heterocycles. The molecule has 5 heteroatoms. The fourth-order valence-electron chi connectivity index (χ4n) is 1.80. The molecule has 0 aliphatic carbocycles. The van der Waals surface area contributed by atoms with Crippen molar-refractivity contribution in [2.75, 3.05) is 13.2 Å². The van der Waals surface area contributed by atoms with Crippen molar-refractivity contribution in [2.45, 2.75) is 25.5 Å².